The lowest BCUT2D eigenvalue weighted by molar-refractivity contribution is -0.114. The topological polar surface area (TPSA) is 63.1 Å². The summed E-state index contributed by atoms with van der Waals surface area (Å²) < 4.78 is 1.93. The van der Waals surface area contributed by atoms with Crippen molar-refractivity contribution < 1.29 is 4.79 Å². The van der Waals surface area contributed by atoms with Gasteiger partial charge in [-0.2, -0.15) is 5.10 Å². The zero-order valence-corrected chi connectivity index (χ0v) is 13.1. The van der Waals surface area contributed by atoms with E-state index in [-0.39, 0.29) is 5.91 Å². The molecule has 22 heavy (non-hydrogen) atoms. The van der Waals surface area contributed by atoms with E-state index < -0.39 is 0 Å². The summed E-state index contributed by atoms with van der Waals surface area (Å²) in [6, 6.07) is 5.98. The van der Waals surface area contributed by atoms with Crippen LogP contribution < -0.4 is 5.32 Å². The molecule has 0 bridgehead atoms. The number of hydrogen-bond acceptors (Lipinski definition) is 4. The highest BCUT2D eigenvalue weighted by Gasteiger charge is 2.24. The first-order valence-electron chi connectivity index (χ1n) is 7.26. The van der Waals surface area contributed by atoms with Gasteiger partial charge < -0.3 is 5.32 Å². The Morgan fingerprint density at radius 3 is 3.05 bits per heavy atom. The Bertz CT molecular complexity index is 654. The summed E-state index contributed by atoms with van der Waals surface area (Å²) in [5.41, 5.74) is 1.02. The lowest BCUT2D eigenvalue weighted by Gasteiger charge is -2.15. The van der Waals surface area contributed by atoms with Gasteiger partial charge in [0.1, 0.15) is 0 Å². The first kappa shape index (κ1) is 15.0. The molecule has 3 rings (SSSR count). The van der Waals surface area contributed by atoms with Crippen LogP contribution in [0.3, 0.4) is 0 Å². The van der Waals surface area contributed by atoms with Crippen molar-refractivity contribution in [2.24, 2.45) is 0 Å². The number of likely N-dealkylation sites (tertiary alicyclic amines) is 1. The molecule has 0 spiro atoms. The Labute approximate surface area is 134 Å². The van der Waals surface area contributed by atoms with Crippen LogP contribution in [0.2, 0.25) is 5.02 Å². The predicted molar refractivity (Wildman–Crippen MR) is 84.7 cm³/mol. The maximum Gasteiger partial charge on any atom is 0.222 e. The van der Waals surface area contributed by atoms with Crippen molar-refractivity contribution in [2.45, 2.75) is 25.9 Å². The van der Waals surface area contributed by atoms with Gasteiger partial charge in [0.25, 0.3) is 0 Å². The molecule has 116 valence electrons. The minimum atomic E-state index is -0.105. The van der Waals surface area contributed by atoms with Gasteiger partial charge in [-0.15, -0.1) is 0 Å². The fraction of sp³-hybridized carbons (Fsp3) is 0.400. The lowest BCUT2D eigenvalue weighted by Crippen LogP contribution is -2.22. The van der Waals surface area contributed by atoms with Gasteiger partial charge in [-0.3, -0.25) is 19.4 Å². The van der Waals surface area contributed by atoms with Crippen LogP contribution >= 0.6 is 11.6 Å². The molecule has 1 saturated heterocycles. The Hall–Kier alpha value is -1.92. The summed E-state index contributed by atoms with van der Waals surface area (Å²) in [6.45, 7) is 4.22. The number of nitrogens with one attached hydrogen (secondary N) is 1. The van der Waals surface area contributed by atoms with Crippen molar-refractivity contribution in [1.29, 1.82) is 0 Å². The minimum Gasteiger partial charge on any atom is -0.309 e. The number of halogens is 1. The molecule has 2 aromatic heterocycles. The first-order valence-corrected chi connectivity index (χ1v) is 7.63. The van der Waals surface area contributed by atoms with Crippen molar-refractivity contribution in [3.8, 4) is 0 Å². The summed E-state index contributed by atoms with van der Waals surface area (Å²) >= 11 is 5.85. The zero-order chi connectivity index (χ0) is 15.5. The van der Waals surface area contributed by atoms with E-state index in [0.29, 0.717) is 16.9 Å². The molecule has 1 amide bonds. The van der Waals surface area contributed by atoms with E-state index in [9.17, 15) is 4.79 Å². The molecule has 0 saturated carbocycles. The largest absolute Gasteiger partial charge is 0.309 e. The Kier molecular flexibility index (Phi) is 4.40. The summed E-state index contributed by atoms with van der Waals surface area (Å²) in [5, 5.41) is 7.77. The van der Waals surface area contributed by atoms with E-state index in [1.54, 1.807) is 6.20 Å². The van der Waals surface area contributed by atoms with Crippen molar-refractivity contribution in [1.82, 2.24) is 19.7 Å². The van der Waals surface area contributed by atoms with E-state index >= 15 is 0 Å². The number of nitrogens with zero attached hydrogens (tertiary/aromatic N) is 4. The molecule has 1 atom stereocenters. The SMILES string of the molecule is CC(=O)Nc1ccn(C2CCN(Cc3ccc(Cl)cn3)C2)n1. The average Bonchev–Trinajstić information content (AvgIpc) is 3.10. The number of carbonyl (C=O) groups is 1. The highest BCUT2D eigenvalue weighted by atomic mass is 35.5. The average molecular weight is 320 g/mol. The number of anilines is 1. The van der Waals surface area contributed by atoms with Gasteiger partial charge in [-0.1, -0.05) is 11.6 Å². The van der Waals surface area contributed by atoms with Crippen molar-refractivity contribution in [3.05, 3.63) is 41.3 Å². The Morgan fingerprint density at radius 1 is 1.45 bits per heavy atom. The third-order valence-electron chi connectivity index (χ3n) is 3.71. The van der Waals surface area contributed by atoms with Crippen LogP contribution in [-0.4, -0.2) is 38.7 Å². The molecule has 3 heterocycles. The van der Waals surface area contributed by atoms with E-state index in [2.05, 4.69) is 20.3 Å². The Balaban J connectivity index is 1.58. The lowest BCUT2D eigenvalue weighted by atomic mass is 10.3. The number of aromatic nitrogens is 3. The fourth-order valence-corrected chi connectivity index (χ4v) is 2.80. The van der Waals surface area contributed by atoms with Crippen LogP contribution in [0.4, 0.5) is 5.82 Å². The third-order valence-corrected chi connectivity index (χ3v) is 3.93. The normalized spacial score (nSPS) is 18.5. The minimum absolute atomic E-state index is 0.105. The quantitative estimate of drug-likeness (QED) is 0.939. The molecule has 7 heteroatoms. The molecule has 0 aliphatic carbocycles. The van der Waals surface area contributed by atoms with Crippen molar-refractivity contribution in [2.75, 3.05) is 18.4 Å². The predicted octanol–water partition coefficient (Wildman–Crippen LogP) is 2.34. The van der Waals surface area contributed by atoms with Gasteiger partial charge in [0.15, 0.2) is 5.82 Å². The summed E-state index contributed by atoms with van der Waals surface area (Å²) in [7, 11) is 0. The maximum atomic E-state index is 11.0. The summed E-state index contributed by atoms with van der Waals surface area (Å²) in [6.07, 6.45) is 4.63. The highest BCUT2D eigenvalue weighted by Crippen LogP contribution is 2.23. The van der Waals surface area contributed by atoms with Crippen LogP contribution in [-0.2, 0) is 11.3 Å². The van der Waals surface area contributed by atoms with E-state index in [0.717, 1.165) is 31.7 Å². The van der Waals surface area contributed by atoms with Crippen LogP contribution in [0.15, 0.2) is 30.6 Å². The monoisotopic (exact) mass is 319 g/mol. The van der Waals surface area contributed by atoms with E-state index in [1.165, 1.54) is 6.92 Å². The third kappa shape index (κ3) is 3.64. The van der Waals surface area contributed by atoms with E-state index in [4.69, 9.17) is 11.6 Å². The number of amides is 1. The molecule has 1 fully saturated rings. The number of carbonyl (C=O) groups excluding carboxylic acids is 1. The highest BCUT2D eigenvalue weighted by molar-refractivity contribution is 6.30. The molecule has 1 aliphatic rings. The van der Waals surface area contributed by atoms with Crippen molar-refractivity contribution >= 4 is 23.3 Å². The van der Waals surface area contributed by atoms with Crippen molar-refractivity contribution in [3.63, 3.8) is 0 Å². The summed E-state index contributed by atoms with van der Waals surface area (Å²) in [4.78, 5) is 17.7. The Morgan fingerprint density at radius 2 is 2.32 bits per heavy atom. The van der Waals surface area contributed by atoms with Crippen LogP contribution in [0, 0.1) is 0 Å². The second kappa shape index (κ2) is 6.46. The van der Waals surface area contributed by atoms with Gasteiger partial charge in [-0.05, 0) is 18.6 Å². The second-order valence-corrected chi connectivity index (χ2v) is 5.94. The maximum absolute atomic E-state index is 11.0. The van der Waals surface area contributed by atoms with E-state index in [1.807, 2.05) is 29.1 Å². The van der Waals surface area contributed by atoms with Crippen LogP contribution in [0.25, 0.3) is 0 Å². The van der Waals surface area contributed by atoms with Gasteiger partial charge in [0.2, 0.25) is 5.91 Å². The molecule has 1 N–H and O–H groups in total. The zero-order valence-electron chi connectivity index (χ0n) is 12.4. The number of rotatable bonds is 4. The van der Waals surface area contributed by atoms with Crippen LogP contribution in [0.1, 0.15) is 25.1 Å². The molecular formula is C15H18ClN5O. The van der Waals surface area contributed by atoms with Gasteiger partial charge in [0, 0.05) is 45.0 Å². The molecule has 2 aromatic rings. The van der Waals surface area contributed by atoms with Crippen LogP contribution in [0.5, 0.6) is 0 Å². The van der Waals surface area contributed by atoms with Gasteiger partial charge in [0.05, 0.1) is 16.8 Å². The van der Waals surface area contributed by atoms with Gasteiger partial charge in [-0.25, -0.2) is 0 Å². The van der Waals surface area contributed by atoms with Gasteiger partial charge >= 0.3 is 0 Å². The molecule has 0 radical (unpaired) electrons. The molecule has 1 aliphatic heterocycles. The fourth-order valence-electron chi connectivity index (χ4n) is 2.69. The molecule has 1 unspecified atom stereocenters. The smallest absolute Gasteiger partial charge is 0.222 e. The standard InChI is InChI=1S/C15H18ClN5O/c1-11(22)18-15-5-7-21(19-15)14-4-6-20(10-14)9-13-3-2-12(16)8-17-13/h2-3,5,7-8,14H,4,6,9-10H2,1H3,(H,18,19,22). The second-order valence-electron chi connectivity index (χ2n) is 5.51. The molecule has 6 nitrogen and oxygen atoms in total. The number of pyridine rings is 1. The molecular weight excluding hydrogens is 302 g/mol. The first-order chi connectivity index (χ1) is 10.6. The summed E-state index contributed by atoms with van der Waals surface area (Å²) in [5.74, 6) is 0.498. The molecule has 0 aromatic carbocycles. The number of hydrogen-bond donors (Lipinski definition) is 1.